The van der Waals surface area contributed by atoms with Gasteiger partial charge < -0.3 is 10.5 Å². The Morgan fingerprint density at radius 3 is 2.43 bits per heavy atom. The third-order valence-electron chi connectivity index (χ3n) is 2.81. The zero-order chi connectivity index (χ0) is 15.6. The molecule has 7 heteroatoms. The number of nitrogens with zero attached hydrogens (tertiary/aromatic N) is 1. The van der Waals surface area contributed by atoms with Gasteiger partial charge in [-0.2, -0.15) is 0 Å². The van der Waals surface area contributed by atoms with Crippen molar-refractivity contribution in [2.75, 3.05) is 0 Å². The van der Waals surface area contributed by atoms with E-state index in [4.69, 9.17) is 22.1 Å². The van der Waals surface area contributed by atoms with Gasteiger partial charge in [-0.05, 0) is 30.7 Å². The molecule has 21 heavy (non-hydrogen) atoms. The van der Waals surface area contributed by atoms with Crippen LogP contribution in [0.4, 0.5) is 5.69 Å². The number of ether oxygens (including phenoxy) is 1. The fraction of sp³-hybridized carbons (Fsp3) is 0.143. The van der Waals surface area contributed by atoms with Gasteiger partial charge >= 0.3 is 0 Å². The quantitative estimate of drug-likeness (QED) is 0.617. The molecule has 2 N–H and O–H groups in total. The highest BCUT2D eigenvalue weighted by Gasteiger charge is 2.13. The van der Waals surface area contributed by atoms with Crippen LogP contribution in [0.1, 0.15) is 18.5 Å². The predicted molar refractivity (Wildman–Crippen MR) is 84.9 cm³/mol. The molecule has 0 radical (unpaired) electrons. The summed E-state index contributed by atoms with van der Waals surface area (Å²) in [6, 6.07) is 9.54. The van der Waals surface area contributed by atoms with Crippen LogP contribution >= 0.6 is 27.5 Å². The minimum Gasteiger partial charge on any atom is -0.457 e. The van der Waals surface area contributed by atoms with Crippen LogP contribution in [0.25, 0.3) is 0 Å². The minimum absolute atomic E-state index is 0.0313. The van der Waals surface area contributed by atoms with Crippen molar-refractivity contribution in [1.82, 2.24) is 0 Å². The second kappa shape index (κ2) is 6.43. The molecule has 2 aromatic carbocycles. The Morgan fingerprint density at radius 2 is 1.90 bits per heavy atom. The number of nitrogens with two attached hydrogens (primary N) is 1. The summed E-state index contributed by atoms with van der Waals surface area (Å²) >= 11 is 9.27. The summed E-state index contributed by atoms with van der Waals surface area (Å²) in [5.41, 5.74) is 6.64. The van der Waals surface area contributed by atoms with Crippen LogP contribution in [0.5, 0.6) is 11.5 Å². The number of hydrogen-bond acceptors (Lipinski definition) is 4. The topological polar surface area (TPSA) is 78.4 Å². The second-order valence-corrected chi connectivity index (χ2v) is 5.71. The number of nitro groups is 1. The molecule has 0 aliphatic rings. The largest absolute Gasteiger partial charge is 0.457 e. The fourth-order valence-electron chi connectivity index (χ4n) is 1.78. The summed E-state index contributed by atoms with van der Waals surface area (Å²) in [6.45, 7) is 1.89. The number of nitro benzene ring substituents is 1. The molecule has 0 saturated carbocycles. The lowest BCUT2D eigenvalue weighted by molar-refractivity contribution is -0.384. The van der Waals surface area contributed by atoms with Gasteiger partial charge in [-0.1, -0.05) is 33.6 Å². The van der Waals surface area contributed by atoms with E-state index >= 15 is 0 Å². The van der Waals surface area contributed by atoms with Gasteiger partial charge in [0.1, 0.15) is 16.5 Å². The molecule has 0 aromatic heterocycles. The van der Waals surface area contributed by atoms with Gasteiger partial charge in [0.05, 0.1) is 4.92 Å². The van der Waals surface area contributed by atoms with Crippen molar-refractivity contribution in [1.29, 1.82) is 0 Å². The summed E-state index contributed by atoms with van der Waals surface area (Å²) in [5, 5.41) is 10.7. The van der Waals surface area contributed by atoms with E-state index in [0.717, 1.165) is 10.0 Å². The normalized spacial score (nSPS) is 12.0. The molecule has 1 atom stereocenters. The van der Waals surface area contributed by atoms with E-state index in [1.54, 1.807) is 12.1 Å². The molecule has 5 nitrogen and oxygen atoms in total. The molecule has 0 bridgehead atoms. The molecular weight excluding hydrogens is 360 g/mol. The van der Waals surface area contributed by atoms with Gasteiger partial charge in [0.15, 0.2) is 0 Å². The number of halogens is 2. The Kier molecular flexibility index (Phi) is 4.82. The van der Waals surface area contributed by atoms with Gasteiger partial charge in [-0.15, -0.1) is 0 Å². The predicted octanol–water partition coefficient (Wildman–Crippen LogP) is 4.82. The standard InChI is InChI=1S/C14H12BrClN2O3/c1-8(17)11-4-2-9(6-12(11)15)21-10-3-5-14(18(19)20)13(16)7-10/h2-8H,17H2,1H3/t8-/m0/s1. The number of rotatable bonds is 4. The van der Waals surface area contributed by atoms with E-state index in [9.17, 15) is 10.1 Å². The Bertz CT molecular complexity index is 692. The van der Waals surface area contributed by atoms with E-state index < -0.39 is 4.92 Å². The molecule has 0 spiro atoms. The molecule has 110 valence electrons. The molecule has 0 fully saturated rings. The Labute approximate surface area is 134 Å². The second-order valence-electron chi connectivity index (χ2n) is 4.44. The van der Waals surface area contributed by atoms with Crippen molar-refractivity contribution in [3.05, 3.63) is 61.6 Å². The zero-order valence-electron chi connectivity index (χ0n) is 11.0. The van der Waals surface area contributed by atoms with Gasteiger partial charge in [0, 0.05) is 22.6 Å². The summed E-state index contributed by atoms with van der Waals surface area (Å²) in [6.07, 6.45) is 0. The molecule has 0 aliphatic heterocycles. The van der Waals surface area contributed by atoms with Crippen molar-refractivity contribution in [3.63, 3.8) is 0 Å². The third kappa shape index (κ3) is 3.72. The van der Waals surface area contributed by atoms with E-state index in [2.05, 4.69) is 15.9 Å². The fourth-order valence-corrected chi connectivity index (χ4v) is 2.73. The van der Waals surface area contributed by atoms with E-state index in [-0.39, 0.29) is 16.8 Å². The van der Waals surface area contributed by atoms with Crippen LogP contribution in [0.2, 0.25) is 5.02 Å². The Morgan fingerprint density at radius 1 is 1.29 bits per heavy atom. The summed E-state index contributed by atoms with van der Waals surface area (Å²) in [7, 11) is 0. The molecule has 0 aliphatic carbocycles. The number of hydrogen-bond donors (Lipinski definition) is 1. The highest BCUT2D eigenvalue weighted by Crippen LogP contribution is 2.33. The van der Waals surface area contributed by atoms with E-state index in [1.165, 1.54) is 18.2 Å². The van der Waals surface area contributed by atoms with Crippen molar-refractivity contribution < 1.29 is 9.66 Å². The first-order valence-electron chi connectivity index (χ1n) is 6.05. The van der Waals surface area contributed by atoms with Crippen molar-refractivity contribution in [2.24, 2.45) is 5.73 Å². The van der Waals surface area contributed by atoms with Crippen LogP contribution in [-0.2, 0) is 0 Å². The lowest BCUT2D eigenvalue weighted by Crippen LogP contribution is -2.05. The maximum Gasteiger partial charge on any atom is 0.288 e. The average molecular weight is 372 g/mol. The minimum atomic E-state index is -0.542. The Balaban J connectivity index is 2.24. The van der Waals surface area contributed by atoms with Crippen molar-refractivity contribution >= 4 is 33.2 Å². The van der Waals surface area contributed by atoms with Crippen LogP contribution in [0.3, 0.4) is 0 Å². The highest BCUT2D eigenvalue weighted by molar-refractivity contribution is 9.10. The van der Waals surface area contributed by atoms with Crippen molar-refractivity contribution in [2.45, 2.75) is 13.0 Å². The highest BCUT2D eigenvalue weighted by atomic mass is 79.9. The summed E-state index contributed by atoms with van der Waals surface area (Å²) in [5.74, 6) is 1.00. The van der Waals surface area contributed by atoms with E-state index in [0.29, 0.717) is 11.5 Å². The monoisotopic (exact) mass is 370 g/mol. The first-order valence-corrected chi connectivity index (χ1v) is 7.22. The smallest absolute Gasteiger partial charge is 0.288 e. The van der Waals surface area contributed by atoms with Gasteiger partial charge in [0.2, 0.25) is 0 Å². The molecule has 0 heterocycles. The first kappa shape index (κ1) is 15.8. The lowest BCUT2D eigenvalue weighted by atomic mass is 10.1. The maximum atomic E-state index is 10.7. The summed E-state index contributed by atoms with van der Waals surface area (Å²) in [4.78, 5) is 10.2. The first-order chi connectivity index (χ1) is 9.88. The molecule has 2 rings (SSSR count). The van der Waals surface area contributed by atoms with Gasteiger partial charge in [0.25, 0.3) is 5.69 Å². The van der Waals surface area contributed by atoms with Crippen molar-refractivity contribution in [3.8, 4) is 11.5 Å². The molecule has 0 unspecified atom stereocenters. The van der Waals surface area contributed by atoms with Gasteiger partial charge in [-0.25, -0.2) is 0 Å². The summed E-state index contributed by atoms with van der Waals surface area (Å²) < 4.78 is 6.47. The van der Waals surface area contributed by atoms with Crippen LogP contribution in [0, 0.1) is 10.1 Å². The molecular formula is C14H12BrClN2O3. The van der Waals surface area contributed by atoms with Crippen LogP contribution < -0.4 is 10.5 Å². The SMILES string of the molecule is C[C@H](N)c1ccc(Oc2ccc([N+](=O)[O-])c(Cl)c2)cc1Br. The third-order valence-corrected chi connectivity index (χ3v) is 3.80. The average Bonchev–Trinajstić information content (AvgIpc) is 2.37. The lowest BCUT2D eigenvalue weighted by Gasteiger charge is -2.11. The molecule has 0 amide bonds. The molecule has 0 saturated heterocycles. The van der Waals surface area contributed by atoms with E-state index in [1.807, 2.05) is 13.0 Å². The molecule has 2 aromatic rings. The van der Waals surface area contributed by atoms with Crippen LogP contribution in [-0.4, -0.2) is 4.92 Å². The number of benzene rings is 2. The van der Waals surface area contributed by atoms with Gasteiger partial charge in [-0.3, -0.25) is 10.1 Å². The zero-order valence-corrected chi connectivity index (χ0v) is 13.4. The Hall–Kier alpha value is -1.63. The maximum absolute atomic E-state index is 10.7. The van der Waals surface area contributed by atoms with Crippen LogP contribution in [0.15, 0.2) is 40.9 Å².